The third kappa shape index (κ3) is 5.59. The number of benzene rings is 2. The number of amides is 3. The predicted octanol–water partition coefficient (Wildman–Crippen LogP) is 4.95. The highest BCUT2D eigenvalue weighted by atomic mass is 19.1. The lowest BCUT2D eigenvalue weighted by molar-refractivity contribution is 0.0521. The number of rotatable bonds is 7. The SMILES string of the molecule is CC(C)(C)OC(=O)NCc1ccc(-c2ccnc3[nH]c(-c4cnn(CCN5C(=O)c6ccccc6C5=O)c4)nc23)cc1F. The van der Waals surface area contributed by atoms with Crippen LogP contribution in [0.25, 0.3) is 33.7 Å². The molecule has 1 aliphatic heterocycles. The van der Waals surface area contributed by atoms with E-state index >= 15 is 4.39 Å². The van der Waals surface area contributed by atoms with Gasteiger partial charge in [-0.1, -0.05) is 24.3 Å². The lowest BCUT2D eigenvalue weighted by Gasteiger charge is -2.19. The molecule has 3 aromatic heterocycles. The number of fused-ring (bicyclic) bond motifs is 2. The first-order valence-electron chi connectivity index (χ1n) is 13.7. The van der Waals surface area contributed by atoms with Gasteiger partial charge in [0.2, 0.25) is 0 Å². The highest BCUT2D eigenvalue weighted by Gasteiger charge is 2.34. The zero-order valence-corrected chi connectivity index (χ0v) is 23.7. The Kier molecular flexibility index (Phi) is 6.96. The molecule has 11 nitrogen and oxygen atoms in total. The van der Waals surface area contributed by atoms with Gasteiger partial charge < -0.3 is 15.0 Å². The summed E-state index contributed by atoms with van der Waals surface area (Å²) in [6.07, 6.45) is 4.39. The molecule has 0 atom stereocenters. The van der Waals surface area contributed by atoms with Crippen molar-refractivity contribution in [3.63, 3.8) is 0 Å². The number of pyridine rings is 1. The van der Waals surface area contributed by atoms with Crippen molar-refractivity contribution < 1.29 is 23.5 Å². The van der Waals surface area contributed by atoms with Gasteiger partial charge in [-0.15, -0.1) is 0 Å². The Bertz CT molecular complexity index is 1850. The number of H-pyrrole nitrogens is 1. The summed E-state index contributed by atoms with van der Waals surface area (Å²) < 4.78 is 21.9. The number of hydrogen-bond acceptors (Lipinski definition) is 7. The second-order valence-corrected chi connectivity index (χ2v) is 11.1. The molecule has 2 N–H and O–H groups in total. The average molecular weight is 582 g/mol. The van der Waals surface area contributed by atoms with Crippen molar-refractivity contribution in [1.29, 1.82) is 0 Å². The number of imidazole rings is 1. The van der Waals surface area contributed by atoms with E-state index in [1.54, 1.807) is 86.5 Å². The Hall–Kier alpha value is -5.39. The van der Waals surface area contributed by atoms with Crippen LogP contribution in [0.1, 0.15) is 47.1 Å². The Labute approximate surface area is 245 Å². The van der Waals surface area contributed by atoms with Crippen molar-refractivity contribution in [3.8, 4) is 22.5 Å². The molecule has 218 valence electrons. The molecule has 0 spiro atoms. The Morgan fingerprint density at radius 2 is 1.74 bits per heavy atom. The first kappa shape index (κ1) is 27.8. The van der Waals surface area contributed by atoms with E-state index in [0.29, 0.717) is 56.9 Å². The molecule has 0 saturated heterocycles. The van der Waals surface area contributed by atoms with Crippen LogP contribution in [0.5, 0.6) is 0 Å². The fourth-order valence-electron chi connectivity index (χ4n) is 4.87. The minimum absolute atomic E-state index is 0.0175. The van der Waals surface area contributed by atoms with Crippen LogP contribution in [0.4, 0.5) is 9.18 Å². The van der Waals surface area contributed by atoms with Crippen molar-refractivity contribution in [1.82, 2.24) is 34.9 Å². The van der Waals surface area contributed by atoms with Gasteiger partial charge in [-0.3, -0.25) is 19.2 Å². The third-order valence-corrected chi connectivity index (χ3v) is 6.91. The van der Waals surface area contributed by atoms with Gasteiger partial charge in [0, 0.05) is 36.6 Å². The summed E-state index contributed by atoms with van der Waals surface area (Å²) in [5, 5.41) is 6.94. The zero-order chi connectivity index (χ0) is 30.3. The van der Waals surface area contributed by atoms with Gasteiger partial charge in [0.25, 0.3) is 11.8 Å². The summed E-state index contributed by atoms with van der Waals surface area (Å²) in [5.41, 5.74) is 3.51. The number of imide groups is 1. The van der Waals surface area contributed by atoms with Gasteiger partial charge in [-0.25, -0.2) is 19.2 Å². The summed E-state index contributed by atoms with van der Waals surface area (Å²) in [6.45, 7) is 5.73. The third-order valence-electron chi connectivity index (χ3n) is 6.91. The predicted molar refractivity (Wildman–Crippen MR) is 155 cm³/mol. The normalized spacial score (nSPS) is 13.1. The van der Waals surface area contributed by atoms with Crippen molar-refractivity contribution in [2.45, 2.75) is 39.5 Å². The Balaban J connectivity index is 1.16. The van der Waals surface area contributed by atoms with Crippen molar-refractivity contribution in [2.24, 2.45) is 0 Å². The smallest absolute Gasteiger partial charge is 0.407 e. The molecule has 3 amide bonds. The Morgan fingerprint density at radius 1 is 1.00 bits per heavy atom. The van der Waals surface area contributed by atoms with Crippen LogP contribution >= 0.6 is 0 Å². The maximum Gasteiger partial charge on any atom is 0.407 e. The van der Waals surface area contributed by atoms with E-state index < -0.39 is 17.5 Å². The summed E-state index contributed by atoms with van der Waals surface area (Å²) in [5.74, 6) is -0.588. The van der Waals surface area contributed by atoms with Crippen LogP contribution in [0.2, 0.25) is 0 Å². The number of nitrogens with zero attached hydrogens (tertiary/aromatic N) is 5. The average Bonchev–Trinajstić information content (AvgIpc) is 3.67. The summed E-state index contributed by atoms with van der Waals surface area (Å²) in [6, 6.07) is 13.3. The molecule has 12 heteroatoms. The number of aromatic nitrogens is 5. The molecule has 1 aliphatic rings. The summed E-state index contributed by atoms with van der Waals surface area (Å²) in [7, 11) is 0. The standard InChI is InChI=1S/C31H28FN7O4/c1-31(2,3)43-30(42)34-15-19-9-8-18(14-24(19)32)21-10-11-33-27-25(21)36-26(37-27)20-16-35-38(17-20)12-13-39-28(40)22-6-4-5-7-23(22)29(39)41/h4-11,14,16-17H,12-13,15H2,1-3H3,(H,34,42)(H,33,36,37). The fourth-order valence-corrected chi connectivity index (χ4v) is 4.87. The largest absolute Gasteiger partial charge is 0.444 e. The maximum absolute atomic E-state index is 15.0. The van der Waals surface area contributed by atoms with Crippen LogP contribution in [0.3, 0.4) is 0 Å². The highest BCUT2D eigenvalue weighted by molar-refractivity contribution is 6.21. The molecule has 43 heavy (non-hydrogen) atoms. The van der Waals surface area contributed by atoms with E-state index in [1.807, 2.05) is 0 Å². The van der Waals surface area contributed by atoms with E-state index in [2.05, 4.69) is 20.4 Å². The molecular formula is C31H28FN7O4. The summed E-state index contributed by atoms with van der Waals surface area (Å²) in [4.78, 5) is 50.8. The maximum atomic E-state index is 15.0. The summed E-state index contributed by atoms with van der Waals surface area (Å²) >= 11 is 0. The number of carbonyl (C=O) groups excluding carboxylic acids is 3. The minimum atomic E-state index is -0.651. The van der Waals surface area contributed by atoms with Crippen molar-refractivity contribution >= 4 is 29.1 Å². The number of carbonyl (C=O) groups is 3. The van der Waals surface area contributed by atoms with Crippen LogP contribution in [0.15, 0.2) is 67.1 Å². The molecular weight excluding hydrogens is 553 g/mol. The molecule has 0 radical (unpaired) electrons. The fraction of sp³-hybridized carbons (Fsp3) is 0.226. The van der Waals surface area contributed by atoms with Crippen LogP contribution in [-0.4, -0.2) is 59.7 Å². The molecule has 0 saturated carbocycles. The molecule has 0 aliphatic carbocycles. The molecule has 0 fully saturated rings. The molecule has 2 aromatic carbocycles. The van der Waals surface area contributed by atoms with Gasteiger partial charge in [-0.05, 0) is 50.6 Å². The molecule has 4 heterocycles. The van der Waals surface area contributed by atoms with E-state index in [9.17, 15) is 14.4 Å². The van der Waals surface area contributed by atoms with Crippen LogP contribution in [0, 0.1) is 5.82 Å². The minimum Gasteiger partial charge on any atom is -0.444 e. The topological polar surface area (TPSA) is 135 Å². The van der Waals surface area contributed by atoms with Gasteiger partial charge >= 0.3 is 6.09 Å². The van der Waals surface area contributed by atoms with Gasteiger partial charge in [-0.2, -0.15) is 5.10 Å². The quantitative estimate of drug-likeness (QED) is 0.260. The van der Waals surface area contributed by atoms with E-state index in [4.69, 9.17) is 9.72 Å². The van der Waals surface area contributed by atoms with Crippen LogP contribution in [-0.2, 0) is 17.8 Å². The van der Waals surface area contributed by atoms with Crippen molar-refractivity contribution in [2.75, 3.05) is 6.54 Å². The number of nitrogens with one attached hydrogen (secondary N) is 2. The molecule has 0 bridgehead atoms. The second-order valence-electron chi connectivity index (χ2n) is 11.1. The lowest BCUT2D eigenvalue weighted by Crippen LogP contribution is -2.33. The molecule has 6 rings (SSSR count). The molecule has 5 aromatic rings. The number of ether oxygens (including phenoxy) is 1. The van der Waals surface area contributed by atoms with Gasteiger partial charge in [0.05, 0.1) is 29.4 Å². The number of halogens is 1. The number of aromatic amines is 1. The highest BCUT2D eigenvalue weighted by Crippen LogP contribution is 2.30. The van der Waals surface area contributed by atoms with Crippen LogP contribution < -0.4 is 5.32 Å². The van der Waals surface area contributed by atoms with E-state index in [0.717, 1.165) is 0 Å². The van der Waals surface area contributed by atoms with Gasteiger partial charge in [0.15, 0.2) is 5.65 Å². The lowest BCUT2D eigenvalue weighted by atomic mass is 10.0. The van der Waals surface area contributed by atoms with Crippen molar-refractivity contribution in [3.05, 3.63) is 89.6 Å². The van der Waals surface area contributed by atoms with E-state index in [1.165, 1.54) is 11.0 Å². The number of hydrogen-bond donors (Lipinski definition) is 2. The Morgan fingerprint density at radius 3 is 2.44 bits per heavy atom. The van der Waals surface area contributed by atoms with Gasteiger partial charge in [0.1, 0.15) is 22.8 Å². The first-order chi connectivity index (χ1) is 20.6. The van der Waals surface area contributed by atoms with E-state index in [-0.39, 0.29) is 24.9 Å². The second kappa shape index (κ2) is 10.8. The molecule has 0 unspecified atom stereocenters. The monoisotopic (exact) mass is 581 g/mol. The number of alkyl carbamates (subject to hydrolysis) is 1. The first-order valence-corrected chi connectivity index (χ1v) is 13.7. The zero-order valence-electron chi connectivity index (χ0n) is 23.7.